The van der Waals surface area contributed by atoms with Gasteiger partial charge in [-0.05, 0) is 29.8 Å². The molecule has 2 aromatic rings. The van der Waals surface area contributed by atoms with Crippen molar-refractivity contribution in [1.82, 2.24) is 0 Å². The summed E-state index contributed by atoms with van der Waals surface area (Å²) in [5, 5.41) is 8.96. The summed E-state index contributed by atoms with van der Waals surface area (Å²) < 4.78 is 10.9. The number of hydrogen-bond donors (Lipinski definition) is 2. The summed E-state index contributed by atoms with van der Waals surface area (Å²) in [5.74, 6) is 1.46. The van der Waals surface area contributed by atoms with Gasteiger partial charge in [-0.25, -0.2) is 0 Å². The van der Waals surface area contributed by atoms with Gasteiger partial charge in [-0.15, -0.1) is 0 Å². The van der Waals surface area contributed by atoms with E-state index >= 15 is 0 Å². The van der Waals surface area contributed by atoms with Gasteiger partial charge in [0, 0.05) is 17.3 Å². The lowest BCUT2D eigenvalue weighted by atomic mass is 10.2. The Morgan fingerprint density at radius 2 is 1.84 bits per heavy atom. The van der Waals surface area contributed by atoms with Crippen LogP contribution in [0.25, 0.3) is 0 Å². The number of anilines is 1. The molecular formula is C15H17NO3. The van der Waals surface area contributed by atoms with E-state index < -0.39 is 0 Å². The van der Waals surface area contributed by atoms with Crippen LogP contribution in [0.4, 0.5) is 5.69 Å². The van der Waals surface area contributed by atoms with Gasteiger partial charge < -0.3 is 20.3 Å². The lowest BCUT2D eigenvalue weighted by molar-refractivity contribution is 0.280. The Morgan fingerprint density at radius 1 is 1.11 bits per heavy atom. The van der Waals surface area contributed by atoms with Crippen molar-refractivity contribution in [3.63, 3.8) is 0 Å². The molecule has 0 saturated carbocycles. The summed E-state index contributed by atoms with van der Waals surface area (Å²) in [6, 6.07) is 12.8. The molecule has 100 valence electrons. The van der Waals surface area contributed by atoms with Gasteiger partial charge >= 0.3 is 0 Å². The molecule has 0 heterocycles. The molecule has 0 unspecified atom stereocenters. The van der Waals surface area contributed by atoms with E-state index in [1.165, 1.54) is 0 Å². The van der Waals surface area contributed by atoms with Crippen molar-refractivity contribution in [3.8, 4) is 11.5 Å². The van der Waals surface area contributed by atoms with E-state index in [0.717, 1.165) is 16.9 Å². The van der Waals surface area contributed by atoms with Crippen LogP contribution in [0.3, 0.4) is 0 Å². The first-order valence-corrected chi connectivity index (χ1v) is 5.98. The molecule has 4 nitrogen and oxygen atoms in total. The number of hydrogen-bond acceptors (Lipinski definition) is 4. The quantitative estimate of drug-likeness (QED) is 0.809. The Hall–Kier alpha value is -2.20. The predicted octanol–water partition coefficient (Wildman–Crippen LogP) is 2.35. The van der Waals surface area contributed by atoms with Crippen LogP contribution in [0.2, 0.25) is 0 Å². The molecule has 0 amide bonds. The van der Waals surface area contributed by atoms with Crippen molar-refractivity contribution < 1.29 is 14.6 Å². The van der Waals surface area contributed by atoms with Crippen LogP contribution in [0.15, 0.2) is 42.5 Å². The third-order valence-electron chi connectivity index (χ3n) is 2.81. The maximum atomic E-state index is 8.96. The monoisotopic (exact) mass is 259 g/mol. The summed E-state index contributed by atoms with van der Waals surface area (Å²) >= 11 is 0. The molecule has 0 radical (unpaired) electrons. The first-order chi connectivity index (χ1) is 9.22. The number of aliphatic hydroxyl groups excluding tert-OH is 1. The van der Waals surface area contributed by atoms with Crippen LogP contribution in [0.5, 0.6) is 11.5 Å². The van der Waals surface area contributed by atoms with E-state index in [4.69, 9.17) is 20.3 Å². The standard InChI is InChI=1S/C15H17NO3/c1-18-15-8-13(16)5-4-12(15)10-19-14-6-2-11(9-17)3-7-14/h2-8,17H,9-10,16H2,1H3. The van der Waals surface area contributed by atoms with Crippen LogP contribution in [-0.4, -0.2) is 12.2 Å². The molecule has 2 rings (SSSR count). The Bertz CT molecular complexity index is 538. The molecule has 3 N–H and O–H groups in total. The molecule has 4 heteroatoms. The van der Waals surface area contributed by atoms with E-state index in [-0.39, 0.29) is 6.61 Å². The summed E-state index contributed by atoms with van der Waals surface area (Å²) in [7, 11) is 1.61. The third kappa shape index (κ3) is 3.39. The van der Waals surface area contributed by atoms with E-state index in [1.54, 1.807) is 13.2 Å². The summed E-state index contributed by atoms with van der Waals surface area (Å²) in [4.78, 5) is 0. The average molecular weight is 259 g/mol. The normalized spacial score (nSPS) is 10.2. The van der Waals surface area contributed by atoms with E-state index in [1.807, 2.05) is 36.4 Å². The molecule has 0 aliphatic carbocycles. The van der Waals surface area contributed by atoms with Crippen molar-refractivity contribution in [2.45, 2.75) is 13.2 Å². The van der Waals surface area contributed by atoms with Crippen LogP contribution >= 0.6 is 0 Å². The second-order valence-electron chi connectivity index (χ2n) is 4.16. The number of benzene rings is 2. The second-order valence-corrected chi connectivity index (χ2v) is 4.16. The van der Waals surface area contributed by atoms with Crippen molar-refractivity contribution in [2.75, 3.05) is 12.8 Å². The first-order valence-electron chi connectivity index (χ1n) is 5.98. The van der Waals surface area contributed by atoms with Gasteiger partial charge in [-0.1, -0.05) is 12.1 Å². The molecule has 0 spiro atoms. The number of nitrogens with two attached hydrogens (primary N) is 1. The number of nitrogen functional groups attached to an aromatic ring is 1. The van der Waals surface area contributed by atoms with Gasteiger partial charge in [0.15, 0.2) is 0 Å². The first kappa shape index (κ1) is 13.2. The van der Waals surface area contributed by atoms with Gasteiger partial charge in [-0.2, -0.15) is 0 Å². The minimum Gasteiger partial charge on any atom is -0.496 e. The van der Waals surface area contributed by atoms with Gasteiger partial charge in [0.1, 0.15) is 18.1 Å². The molecule has 0 aromatic heterocycles. The van der Waals surface area contributed by atoms with Gasteiger partial charge in [0.05, 0.1) is 13.7 Å². The fourth-order valence-electron chi connectivity index (χ4n) is 1.73. The molecule has 0 aliphatic rings. The summed E-state index contributed by atoms with van der Waals surface area (Å²) in [6.45, 7) is 0.438. The topological polar surface area (TPSA) is 64.7 Å². The molecule has 0 bridgehead atoms. The fourth-order valence-corrected chi connectivity index (χ4v) is 1.73. The van der Waals surface area contributed by atoms with E-state index in [9.17, 15) is 0 Å². The zero-order valence-electron chi connectivity index (χ0n) is 10.8. The molecule has 2 aromatic carbocycles. The Balaban J connectivity index is 2.05. The van der Waals surface area contributed by atoms with Gasteiger partial charge in [-0.3, -0.25) is 0 Å². The van der Waals surface area contributed by atoms with Crippen LogP contribution in [0.1, 0.15) is 11.1 Å². The van der Waals surface area contributed by atoms with Crippen molar-refractivity contribution in [3.05, 3.63) is 53.6 Å². The lowest BCUT2D eigenvalue weighted by Gasteiger charge is -2.11. The summed E-state index contributed by atoms with van der Waals surface area (Å²) in [5.41, 5.74) is 8.15. The molecule has 19 heavy (non-hydrogen) atoms. The highest BCUT2D eigenvalue weighted by atomic mass is 16.5. The maximum Gasteiger partial charge on any atom is 0.127 e. The zero-order chi connectivity index (χ0) is 13.7. The number of methoxy groups -OCH3 is 1. The Morgan fingerprint density at radius 3 is 2.47 bits per heavy atom. The fraction of sp³-hybridized carbons (Fsp3) is 0.200. The van der Waals surface area contributed by atoms with Crippen molar-refractivity contribution >= 4 is 5.69 Å². The minimum absolute atomic E-state index is 0.0338. The van der Waals surface area contributed by atoms with Crippen LogP contribution in [-0.2, 0) is 13.2 Å². The van der Waals surface area contributed by atoms with Crippen molar-refractivity contribution in [1.29, 1.82) is 0 Å². The smallest absolute Gasteiger partial charge is 0.127 e. The van der Waals surface area contributed by atoms with Crippen LogP contribution < -0.4 is 15.2 Å². The molecular weight excluding hydrogens is 242 g/mol. The lowest BCUT2D eigenvalue weighted by Crippen LogP contribution is -2.00. The molecule has 0 atom stereocenters. The SMILES string of the molecule is COc1cc(N)ccc1COc1ccc(CO)cc1. The highest BCUT2D eigenvalue weighted by Gasteiger charge is 2.04. The number of rotatable bonds is 5. The van der Waals surface area contributed by atoms with Crippen molar-refractivity contribution in [2.24, 2.45) is 0 Å². The maximum absolute atomic E-state index is 8.96. The molecule has 0 aliphatic heterocycles. The highest BCUT2D eigenvalue weighted by molar-refractivity contribution is 5.48. The Kier molecular flexibility index (Phi) is 4.26. The number of ether oxygens (including phenoxy) is 2. The minimum atomic E-state index is 0.0338. The van der Waals surface area contributed by atoms with Crippen LogP contribution in [0, 0.1) is 0 Å². The largest absolute Gasteiger partial charge is 0.496 e. The van der Waals surface area contributed by atoms with Gasteiger partial charge in [0.25, 0.3) is 0 Å². The Labute approximate surface area is 112 Å². The van der Waals surface area contributed by atoms with E-state index in [0.29, 0.717) is 18.0 Å². The van der Waals surface area contributed by atoms with E-state index in [2.05, 4.69) is 0 Å². The van der Waals surface area contributed by atoms with Gasteiger partial charge in [0.2, 0.25) is 0 Å². The highest BCUT2D eigenvalue weighted by Crippen LogP contribution is 2.23. The molecule has 0 fully saturated rings. The average Bonchev–Trinajstić information content (AvgIpc) is 2.46. The predicted molar refractivity (Wildman–Crippen MR) is 74.1 cm³/mol. The number of aliphatic hydroxyl groups is 1. The molecule has 0 saturated heterocycles. The zero-order valence-corrected chi connectivity index (χ0v) is 10.8. The third-order valence-corrected chi connectivity index (χ3v) is 2.81. The summed E-state index contributed by atoms with van der Waals surface area (Å²) in [6.07, 6.45) is 0. The second kappa shape index (κ2) is 6.11.